The molecule has 110 valence electrons. The third-order valence-corrected chi connectivity index (χ3v) is 2.33. The van der Waals surface area contributed by atoms with Crippen molar-refractivity contribution in [3.8, 4) is 11.4 Å². The van der Waals surface area contributed by atoms with Gasteiger partial charge in [0.05, 0.1) is 0 Å². The Morgan fingerprint density at radius 3 is 2.52 bits per heavy atom. The largest absolute Gasteiger partial charge is 0.471 e. The van der Waals surface area contributed by atoms with E-state index < -0.39 is 24.6 Å². The van der Waals surface area contributed by atoms with E-state index in [2.05, 4.69) is 19.7 Å². The zero-order chi connectivity index (χ0) is 15.5. The highest BCUT2D eigenvalue weighted by Gasteiger charge is 2.38. The van der Waals surface area contributed by atoms with Gasteiger partial charge in [-0.2, -0.15) is 18.2 Å². The predicted molar refractivity (Wildman–Crippen MR) is 64.4 cm³/mol. The molecule has 1 heterocycles. The van der Waals surface area contributed by atoms with Crippen LogP contribution in [0.5, 0.6) is 0 Å². The molecule has 2 rings (SSSR count). The Balaban J connectivity index is 2.17. The maximum atomic E-state index is 12.3. The lowest BCUT2D eigenvalue weighted by atomic mass is 10.1. The van der Waals surface area contributed by atoms with Crippen molar-refractivity contribution >= 4 is 12.1 Å². The molecule has 2 aromatic rings. The van der Waals surface area contributed by atoms with Crippen LogP contribution < -0.4 is 0 Å². The van der Waals surface area contributed by atoms with E-state index in [-0.39, 0.29) is 5.82 Å². The van der Waals surface area contributed by atoms with Gasteiger partial charge in [-0.3, -0.25) is 4.79 Å². The van der Waals surface area contributed by atoms with E-state index in [1.807, 2.05) is 0 Å². The second kappa shape index (κ2) is 5.83. The van der Waals surface area contributed by atoms with Crippen molar-refractivity contribution in [1.29, 1.82) is 0 Å². The smallest absolute Gasteiger partial charge is 0.386 e. The Labute approximate surface area is 115 Å². The van der Waals surface area contributed by atoms with Gasteiger partial charge in [-0.15, -0.1) is 0 Å². The summed E-state index contributed by atoms with van der Waals surface area (Å²) in [7, 11) is 0. The standard InChI is InChI=1S/C12H8F3N3O3/c13-12(14,15)11-17-10(18-21-11)8-3-1-7(2-4-8)5-16-9(20)6-19/h1-5,19H,6H2. The molecule has 21 heavy (non-hydrogen) atoms. The first kappa shape index (κ1) is 14.9. The number of alkyl halides is 3. The summed E-state index contributed by atoms with van der Waals surface area (Å²) >= 11 is 0. The summed E-state index contributed by atoms with van der Waals surface area (Å²) in [6, 6.07) is 5.92. The summed E-state index contributed by atoms with van der Waals surface area (Å²) < 4.78 is 41.1. The molecule has 0 spiro atoms. The van der Waals surface area contributed by atoms with Gasteiger partial charge < -0.3 is 9.63 Å². The third kappa shape index (κ3) is 3.72. The van der Waals surface area contributed by atoms with Crippen LogP contribution in [-0.4, -0.2) is 34.0 Å². The van der Waals surface area contributed by atoms with Gasteiger partial charge in [0.1, 0.15) is 6.61 Å². The van der Waals surface area contributed by atoms with Crippen LogP contribution in [-0.2, 0) is 11.0 Å². The summed E-state index contributed by atoms with van der Waals surface area (Å²) in [4.78, 5) is 17.5. The maximum absolute atomic E-state index is 12.3. The number of aliphatic hydroxyl groups excluding tert-OH is 1. The van der Waals surface area contributed by atoms with Crippen LogP contribution in [0.4, 0.5) is 13.2 Å². The van der Waals surface area contributed by atoms with Crippen molar-refractivity contribution in [2.45, 2.75) is 6.18 Å². The van der Waals surface area contributed by atoms with E-state index in [1.54, 1.807) is 0 Å². The monoisotopic (exact) mass is 299 g/mol. The highest BCUT2D eigenvalue weighted by atomic mass is 19.4. The quantitative estimate of drug-likeness (QED) is 0.871. The molecule has 0 aliphatic heterocycles. The van der Waals surface area contributed by atoms with Crippen molar-refractivity contribution in [1.82, 2.24) is 10.1 Å². The zero-order valence-electron chi connectivity index (χ0n) is 10.3. The molecule has 0 saturated heterocycles. The van der Waals surface area contributed by atoms with Crippen LogP contribution in [0, 0.1) is 0 Å². The van der Waals surface area contributed by atoms with Gasteiger partial charge >= 0.3 is 12.1 Å². The van der Waals surface area contributed by atoms with Crippen molar-refractivity contribution in [2.75, 3.05) is 6.61 Å². The normalized spacial score (nSPS) is 12.0. The number of amides is 1. The molecule has 6 nitrogen and oxygen atoms in total. The molecule has 0 saturated carbocycles. The zero-order valence-corrected chi connectivity index (χ0v) is 10.3. The number of carbonyl (C=O) groups excluding carboxylic acids is 1. The average molecular weight is 299 g/mol. The molecule has 1 aromatic carbocycles. The van der Waals surface area contributed by atoms with E-state index in [0.29, 0.717) is 11.1 Å². The predicted octanol–water partition coefficient (Wildman–Crippen LogP) is 1.69. The Kier molecular flexibility index (Phi) is 4.13. The molecule has 0 radical (unpaired) electrons. The van der Waals surface area contributed by atoms with Gasteiger partial charge in [0, 0.05) is 11.8 Å². The molecule has 0 aliphatic rings. The number of benzene rings is 1. The van der Waals surface area contributed by atoms with E-state index in [9.17, 15) is 18.0 Å². The molecule has 0 atom stereocenters. The first-order valence-electron chi connectivity index (χ1n) is 5.59. The summed E-state index contributed by atoms with van der Waals surface area (Å²) in [6.07, 6.45) is -3.47. The van der Waals surface area contributed by atoms with Gasteiger partial charge in [0.15, 0.2) is 0 Å². The van der Waals surface area contributed by atoms with E-state index in [1.165, 1.54) is 30.5 Å². The summed E-state index contributed by atoms with van der Waals surface area (Å²) in [5.74, 6) is -2.32. The molecule has 0 bridgehead atoms. The van der Waals surface area contributed by atoms with Crippen LogP contribution in [0.1, 0.15) is 11.5 Å². The van der Waals surface area contributed by atoms with E-state index >= 15 is 0 Å². The van der Waals surface area contributed by atoms with Gasteiger partial charge in [0.2, 0.25) is 5.82 Å². The number of aliphatic hydroxyl groups is 1. The second-order valence-electron chi connectivity index (χ2n) is 3.85. The van der Waals surface area contributed by atoms with Crippen molar-refractivity contribution in [2.24, 2.45) is 4.99 Å². The number of aliphatic imine (C=N–C) groups is 1. The molecule has 1 amide bonds. The number of hydrogen-bond donors (Lipinski definition) is 1. The molecule has 1 aromatic heterocycles. The number of rotatable bonds is 3. The third-order valence-electron chi connectivity index (χ3n) is 2.33. The van der Waals surface area contributed by atoms with Crippen molar-refractivity contribution < 1.29 is 27.6 Å². The first-order chi connectivity index (χ1) is 9.90. The minimum absolute atomic E-state index is 0.197. The Morgan fingerprint density at radius 2 is 2.00 bits per heavy atom. The maximum Gasteiger partial charge on any atom is 0.471 e. The fraction of sp³-hybridized carbons (Fsp3) is 0.167. The Morgan fingerprint density at radius 1 is 1.33 bits per heavy atom. The van der Waals surface area contributed by atoms with Crippen LogP contribution in [0.25, 0.3) is 11.4 Å². The second-order valence-corrected chi connectivity index (χ2v) is 3.85. The number of carbonyl (C=O) groups is 1. The minimum Gasteiger partial charge on any atom is -0.386 e. The Bertz CT molecular complexity index is 662. The van der Waals surface area contributed by atoms with Crippen molar-refractivity contribution in [3.05, 3.63) is 35.7 Å². The molecule has 1 N–H and O–H groups in total. The summed E-state index contributed by atoms with van der Waals surface area (Å²) in [5, 5.41) is 11.7. The fourth-order valence-corrected chi connectivity index (χ4v) is 1.36. The molecule has 9 heteroatoms. The first-order valence-corrected chi connectivity index (χ1v) is 5.59. The van der Waals surface area contributed by atoms with Gasteiger partial charge in [-0.1, -0.05) is 29.4 Å². The van der Waals surface area contributed by atoms with Crippen LogP contribution in [0.2, 0.25) is 0 Å². The Hall–Kier alpha value is -2.55. The number of nitrogens with zero attached hydrogens (tertiary/aromatic N) is 3. The minimum atomic E-state index is -4.69. The topological polar surface area (TPSA) is 88.6 Å². The molecule has 0 aliphatic carbocycles. The van der Waals surface area contributed by atoms with E-state index in [4.69, 9.17) is 5.11 Å². The van der Waals surface area contributed by atoms with Crippen LogP contribution in [0.3, 0.4) is 0 Å². The molecule has 0 unspecified atom stereocenters. The van der Waals surface area contributed by atoms with Gasteiger partial charge in [-0.05, 0) is 5.56 Å². The molecular weight excluding hydrogens is 291 g/mol. The summed E-state index contributed by atoms with van der Waals surface area (Å²) in [6.45, 7) is -0.697. The van der Waals surface area contributed by atoms with Crippen LogP contribution in [0.15, 0.2) is 33.8 Å². The van der Waals surface area contributed by atoms with Gasteiger partial charge in [-0.25, -0.2) is 4.99 Å². The lowest BCUT2D eigenvalue weighted by molar-refractivity contribution is -0.159. The summed E-state index contributed by atoms with van der Waals surface area (Å²) in [5.41, 5.74) is 0.847. The number of hydrogen-bond acceptors (Lipinski definition) is 5. The lowest BCUT2D eigenvalue weighted by Gasteiger charge is -1.97. The SMILES string of the molecule is O=C(CO)N=Cc1ccc(-c2noc(C(F)(F)F)n2)cc1. The molecule has 0 fully saturated rings. The number of halogens is 3. The van der Waals surface area contributed by atoms with Crippen molar-refractivity contribution in [3.63, 3.8) is 0 Å². The van der Waals surface area contributed by atoms with Crippen LogP contribution >= 0.6 is 0 Å². The molecular formula is C12H8F3N3O3. The average Bonchev–Trinajstić information content (AvgIpc) is 2.95. The lowest BCUT2D eigenvalue weighted by Crippen LogP contribution is -2.04. The van der Waals surface area contributed by atoms with Gasteiger partial charge in [0.25, 0.3) is 5.91 Å². The van der Waals surface area contributed by atoms with E-state index in [0.717, 1.165) is 0 Å². The highest BCUT2D eigenvalue weighted by Crippen LogP contribution is 2.29. The fourth-order valence-electron chi connectivity index (χ4n) is 1.36. The number of aromatic nitrogens is 2. The highest BCUT2D eigenvalue weighted by molar-refractivity contribution is 5.92.